The zero-order chi connectivity index (χ0) is 21.1. The summed E-state index contributed by atoms with van der Waals surface area (Å²) in [6, 6.07) is 0. The van der Waals surface area contributed by atoms with Gasteiger partial charge in [-0.15, -0.1) is 0 Å². The molecule has 1 aliphatic carbocycles. The highest BCUT2D eigenvalue weighted by Crippen LogP contribution is 2.54. The standard InChI is InChI=1S/C15H23N3O2.C4H4O4/c1-9-6-5-7-11-12(9)13-10(2)8-17-15(13,3)18(11)20-14(19)16-4;5-3(6)1-2-4(7)8/h5-7,9-10,12-13,17H,8H2,1-4H3,(H,16,19);1-2H,(H,5,6)(H,7,8). The van der Waals surface area contributed by atoms with Crippen molar-refractivity contribution in [3.8, 4) is 0 Å². The molecule has 3 rings (SSSR count). The number of carboxylic acids is 2. The molecule has 4 N–H and O–H groups in total. The van der Waals surface area contributed by atoms with E-state index in [1.54, 1.807) is 12.1 Å². The first kappa shape index (κ1) is 21.5. The number of carboxylic acid groups (broad SMARTS) is 2. The molecule has 5 unspecified atom stereocenters. The van der Waals surface area contributed by atoms with Gasteiger partial charge in [0.25, 0.3) is 0 Å². The summed E-state index contributed by atoms with van der Waals surface area (Å²) in [6.07, 6.45) is 7.07. The van der Waals surface area contributed by atoms with Gasteiger partial charge in [-0.25, -0.2) is 14.4 Å². The molecule has 0 aromatic carbocycles. The Hall–Kier alpha value is -2.81. The summed E-state index contributed by atoms with van der Waals surface area (Å²) < 4.78 is 0. The second kappa shape index (κ2) is 8.47. The van der Waals surface area contributed by atoms with Gasteiger partial charge in [0.1, 0.15) is 5.66 Å². The van der Waals surface area contributed by atoms with Gasteiger partial charge in [0.15, 0.2) is 0 Å². The Balaban J connectivity index is 0.000000300. The summed E-state index contributed by atoms with van der Waals surface area (Å²) in [6.45, 7) is 7.60. The molecule has 2 saturated heterocycles. The van der Waals surface area contributed by atoms with E-state index in [1.165, 1.54) is 0 Å². The van der Waals surface area contributed by atoms with Crippen LogP contribution in [0, 0.1) is 23.7 Å². The number of hydroxylamine groups is 2. The van der Waals surface area contributed by atoms with Gasteiger partial charge in [0, 0.05) is 37.6 Å². The van der Waals surface area contributed by atoms with E-state index in [0.29, 0.717) is 35.8 Å². The van der Waals surface area contributed by atoms with Gasteiger partial charge < -0.3 is 20.4 Å². The van der Waals surface area contributed by atoms with Crippen LogP contribution in [0.5, 0.6) is 0 Å². The highest BCUT2D eigenvalue weighted by atomic mass is 16.7. The average molecular weight is 393 g/mol. The number of aliphatic carboxylic acids is 2. The van der Waals surface area contributed by atoms with Gasteiger partial charge >= 0.3 is 18.0 Å². The van der Waals surface area contributed by atoms with Crippen molar-refractivity contribution in [2.75, 3.05) is 13.6 Å². The molecule has 0 saturated carbocycles. The van der Waals surface area contributed by atoms with E-state index in [0.717, 1.165) is 12.2 Å². The molecule has 0 bridgehead atoms. The Labute approximate surface area is 163 Å². The number of fused-ring (bicyclic) bond motifs is 3. The highest BCUT2D eigenvalue weighted by Gasteiger charge is 2.61. The SMILES string of the molecule is CNC(=O)ON1C2=CC=CC(C)C2C2C(C)CNC21C.O=C(O)C=CC(=O)O. The maximum atomic E-state index is 11.7. The fourth-order valence-electron chi connectivity index (χ4n) is 4.31. The van der Waals surface area contributed by atoms with E-state index in [9.17, 15) is 14.4 Å². The first-order valence-corrected chi connectivity index (χ1v) is 9.09. The van der Waals surface area contributed by atoms with Crippen molar-refractivity contribution in [2.45, 2.75) is 26.4 Å². The Morgan fingerprint density at radius 2 is 1.89 bits per heavy atom. The lowest BCUT2D eigenvalue weighted by Gasteiger charge is -2.35. The number of rotatable bonds is 3. The number of carbonyl (C=O) groups is 3. The van der Waals surface area contributed by atoms with Crippen LogP contribution < -0.4 is 10.6 Å². The quantitative estimate of drug-likeness (QED) is 0.532. The number of carbonyl (C=O) groups excluding carboxylic acids is 1. The molecular formula is C19H27N3O6. The molecule has 154 valence electrons. The summed E-state index contributed by atoms with van der Waals surface area (Å²) in [4.78, 5) is 36.4. The van der Waals surface area contributed by atoms with E-state index in [4.69, 9.17) is 15.1 Å². The topological polar surface area (TPSA) is 128 Å². The molecule has 2 heterocycles. The van der Waals surface area contributed by atoms with Crippen LogP contribution in [0.2, 0.25) is 0 Å². The van der Waals surface area contributed by atoms with Crippen molar-refractivity contribution in [2.24, 2.45) is 23.7 Å². The summed E-state index contributed by atoms with van der Waals surface area (Å²) in [5.41, 5.74) is 0.790. The summed E-state index contributed by atoms with van der Waals surface area (Å²) >= 11 is 0. The van der Waals surface area contributed by atoms with Crippen molar-refractivity contribution in [1.29, 1.82) is 0 Å². The lowest BCUT2D eigenvalue weighted by atomic mass is 9.73. The molecular weight excluding hydrogens is 366 g/mol. The molecule has 0 aromatic rings. The van der Waals surface area contributed by atoms with Crippen LogP contribution in [0.1, 0.15) is 20.8 Å². The van der Waals surface area contributed by atoms with E-state index in [-0.39, 0.29) is 5.66 Å². The number of allylic oxidation sites excluding steroid dienone is 4. The second-order valence-electron chi connectivity index (χ2n) is 7.33. The number of hydrogen-bond acceptors (Lipinski definition) is 6. The lowest BCUT2D eigenvalue weighted by molar-refractivity contribution is -0.137. The normalized spacial score (nSPS) is 32.7. The number of nitrogens with zero attached hydrogens (tertiary/aromatic N) is 1. The van der Waals surface area contributed by atoms with Gasteiger partial charge in [-0.05, 0) is 24.8 Å². The molecule has 9 heteroatoms. The van der Waals surface area contributed by atoms with Crippen LogP contribution in [0.3, 0.4) is 0 Å². The fraction of sp³-hybridized carbons (Fsp3) is 0.526. The van der Waals surface area contributed by atoms with Crippen molar-refractivity contribution < 1.29 is 29.4 Å². The van der Waals surface area contributed by atoms with Crippen molar-refractivity contribution in [1.82, 2.24) is 15.7 Å². The van der Waals surface area contributed by atoms with Crippen LogP contribution in [0.15, 0.2) is 36.1 Å². The molecule has 28 heavy (non-hydrogen) atoms. The molecule has 1 amide bonds. The Kier molecular flexibility index (Phi) is 6.50. The van der Waals surface area contributed by atoms with Crippen LogP contribution in [0.25, 0.3) is 0 Å². The third-order valence-electron chi connectivity index (χ3n) is 5.42. The Morgan fingerprint density at radius 1 is 1.29 bits per heavy atom. The second-order valence-corrected chi connectivity index (χ2v) is 7.33. The fourth-order valence-corrected chi connectivity index (χ4v) is 4.31. The maximum absolute atomic E-state index is 11.7. The minimum atomic E-state index is -1.26. The molecule has 0 aromatic heterocycles. The molecule has 3 aliphatic rings. The zero-order valence-corrected chi connectivity index (χ0v) is 16.4. The maximum Gasteiger partial charge on any atom is 0.431 e. The molecule has 0 spiro atoms. The zero-order valence-electron chi connectivity index (χ0n) is 16.4. The van der Waals surface area contributed by atoms with Crippen molar-refractivity contribution in [3.05, 3.63) is 36.1 Å². The average Bonchev–Trinajstić information content (AvgIpc) is 3.06. The third kappa shape index (κ3) is 4.19. The number of nitrogens with one attached hydrogen (secondary N) is 2. The van der Waals surface area contributed by atoms with E-state index in [2.05, 4.69) is 49.6 Å². The summed E-state index contributed by atoms with van der Waals surface area (Å²) in [7, 11) is 1.58. The minimum absolute atomic E-state index is 0.317. The predicted molar refractivity (Wildman–Crippen MR) is 101 cm³/mol. The van der Waals surface area contributed by atoms with Crippen LogP contribution in [-0.2, 0) is 14.4 Å². The molecule has 2 aliphatic heterocycles. The number of hydrogen-bond donors (Lipinski definition) is 4. The third-order valence-corrected chi connectivity index (χ3v) is 5.42. The Morgan fingerprint density at radius 3 is 2.43 bits per heavy atom. The minimum Gasteiger partial charge on any atom is -0.478 e. The molecule has 5 atom stereocenters. The van der Waals surface area contributed by atoms with Crippen molar-refractivity contribution in [3.63, 3.8) is 0 Å². The lowest BCUT2D eigenvalue weighted by Crippen LogP contribution is -2.53. The molecule has 0 radical (unpaired) electrons. The highest BCUT2D eigenvalue weighted by molar-refractivity contribution is 5.89. The van der Waals surface area contributed by atoms with Crippen LogP contribution in [-0.4, -0.2) is 52.6 Å². The monoisotopic (exact) mass is 393 g/mol. The smallest absolute Gasteiger partial charge is 0.431 e. The molecule has 2 fully saturated rings. The molecule has 9 nitrogen and oxygen atoms in total. The van der Waals surface area contributed by atoms with E-state index in [1.807, 2.05) is 0 Å². The van der Waals surface area contributed by atoms with E-state index < -0.39 is 18.0 Å². The van der Waals surface area contributed by atoms with Gasteiger partial charge in [0.2, 0.25) is 0 Å². The van der Waals surface area contributed by atoms with Gasteiger partial charge in [-0.2, -0.15) is 5.06 Å². The van der Waals surface area contributed by atoms with Crippen molar-refractivity contribution >= 4 is 18.0 Å². The summed E-state index contributed by atoms with van der Waals surface area (Å²) in [5, 5.41) is 23.5. The predicted octanol–water partition coefficient (Wildman–Crippen LogP) is 1.56. The first-order valence-electron chi connectivity index (χ1n) is 9.09. The van der Waals surface area contributed by atoms with Gasteiger partial charge in [-0.1, -0.05) is 26.0 Å². The first-order chi connectivity index (χ1) is 13.1. The Bertz CT molecular complexity index is 715. The summed E-state index contributed by atoms with van der Waals surface area (Å²) in [5.74, 6) is -0.654. The van der Waals surface area contributed by atoms with Crippen LogP contribution in [0.4, 0.5) is 4.79 Å². The largest absolute Gasteiger partial charge is 0.478 e. The van der Waals surface area contributed by atoms with E-state index >= 15 is 0 Å². The van der Waals surface area contributed by atoms with Crippen LogP contribution >= 0.6 is 0 Å². The van der Waals surface area contributed by atoms with Gasteiger partial charge in [0.05, 0.1) is 5.70 Å². The van der Waals surface area contributed by atoms with Gasteiger partial charge in [-0.3, -0.25) is 5.32 Å². The number of amides is 1.